The van der Waals surface area contributed by atoms with Crippen LogP contribution >= 0.6 is 0 Å². The summed E-state index contributed by atoms with van der Waals surface area (Å²) in [5, 5.41) is 4.89. The first-order valence-electron chi connectivity index (χ1n) is 22.5. The molecule has 8 aromatic carbocycles. The molecule has 306 valence electrons. The van der Waals surface area contributed by atoms with Crippen LogP contribution in [-0.4, -0.2) is 9.13 Å². The highest BCUT2D eigenvalue weighted by Gasteiger charge is 2.21. The van der Waals surface area contributed by atoms with Gasteiger partial charge in [-0.2, -0.15) is 0 Å². The standard InChI is InChI=1S/C60H46N4/c1-7-19-45(20-8-1)61(46-21-9-2-10-22-46)51-33-37-59-55(41-51)53-39-43(31-35-57(53)63(59)49-27-15-5-16-28-49)44-32-36-58-54(40-44)56-42-52(34-38-60(56)64(58)50-29-17-6-18-30-50)62(47-23-11-3-12-24-47)48-25-13-4-14-26-48/h1,3,5-9,11-13,15-42H,2,4,10,14H2. The maximum absolute atomic E-state index is 2.42. The van der Waals surface area contributed by atoms with E-state index >= 15 is 0 Å². The molecule has 0 unspecified atom stereocenters. The highest BCUT2D eigenvalue weighted by molar-refractivity contribution is 6.14. The smallest absolute Gasteiger partial charge is 0.0542 e. The third kappa shape index (κ3) is 6.54. The largest absolute Gasteiger partial charge is 0.311 e. The van der Waals surface area contributed by atoms with E-state index in [0.717, 1.165) is 59.8 Å². The second kappa shape index (κ2) is 16.0. The van der Waals surface area contributed by atoms with Gasteiger partial charge in [-0.25, -0.2) is 0 Å². The Hall–Kier alpha value is -8.08. The summed E-state index contributed by atoms with van der Waals surface area (Å²) >= 11 is 0. The molecule has 64 heavy (non-hydrogen) atoms. The van der Waals surface area contributed by atoms with E-state index < -0.39 is 0 Å². The zero-order valence-electron chi connectivity index (χ0n) is 35.6. The summed E-state index contributed by atoms with van der Waals surface area (Å²) in [4.78, 5) is 4.80. The van der Waals surface area contributed by atoms with Crippen molar-refractivity contribution >= 4 is 66.4 Å². The van der Waals surface area contributed by atoms with Crippen molar-refractivity contribution in [1.29, 1.82) is 0 Å². The molecule has 0 bridgehead atoms. The van der Waals surface area contributed by atoms with Crippen LogP contribution < -0.4 is 9.80 Å². The van der Waals surface area contributed by atoms with Crippen LogP contribution in [0, 0.1) is 0 Å². The first-order chi connectivity index (χ1) is 31.8. The number of hydrogen-bond donors (Lipinski definition) is 0. The summed E-state index contributed by atoms with van der Waals surface area (Å²) in [6, 6.07) is 71.1. The highest BCUT2D eigenvalue weighted by Crippen LogP contribution is 2.43. The first kappa shape index (κ1) is 37.7. The fourth-order valence-corrected chi connectivity index (χ4v) is 9.95. The second-order valence-corrected chi connectivity index (χ2v) is 16.8. The van der Waals surface area contributed by atoms with Crippen LogP contribution in [0.4, 0.5) is 22.7 Å². The van der Waals surface area contributed by atoms with Crippen LogP contribution in [0.2, 0.25) is 0 Å². The topological polar surface area (TPSA) is 16.3 Å². The van der Waals surface area contributed by atoms with Crippen LogP contribution in [-0.2, 0) is 0 Å². The molecule has 4 heteroatoms. The maximum atomic E-state index is 2.42. The molecule has 2 heterocycles. The van der Waals surface area contributed by atoms with Gasteiger partial charge < -0.3 is 18.9 Å². The van der Waals surface area contributed by atoms with Gasteiger partial charge in [0, 0.05) is 67.1 Å². The summed E-state index contributed by atoms with van der Waals surface area (Å²) in [6.45, 7) is 0. The van der Waals surface area contributed by atoms with Gasteiger partial charge >= 0.3 is 0 Å². The summed E-state index contributed by atoms with van der Waals surface area (Å²) in [6.07, 6.45) is 18.0. The Bertz CT molecular complexity index is 3240. The number of para-hydroxylation sites is 4. The summed E-state index contributed by atoms with van der Waals surface area (Å²) in [5.74, 6) is 0. The Kier molecular flexibility index (Phi) is 9.41. The average Bonchev–Trinajstić information content (AvgIpc) is 3.87. The van der Waals surface area contributed by atoms with Gasteiger partial charge in [0.2, 0.25) is 0 Å². The fraction of sp³-hybridized carbons (Fsp3) is 0.0667. The molecule has 4 nitrogen and oxygen atoms in total. The molecule has 0 spiro atoms. The van der Waals surface area contributed by atoms with Crippen molar-refractivity contribution in [2.75, 3.05) is 9.80 Å². The third-order valence-corrected chi connectivity index (χ3v) is 12.9. The first-order valence-corrected chi connectivity index (χ1v) is 22.5. The van der Waals surface area contributed by atoms with E-state index in [1.54, 1.807) is 0 Å². The lowest BCUT2D eigenvalue weighted by molar-refractivity contribution is 0.997. The van der Waals surface area contributed by atoms with Crippen LogP contribution in [0.5, 0.6) is 0 Å². The molecule has 0 fully saturated rings. The van der Waals surface area contributed by atoms with Gasteiger partial charge in [0.1, 0.15) is 0 Å². The van der Waals surface area contributed by atoms with E-state index in [2.05, 4.69) is 250 Å². The molecule has 0 radical (unpaired) electrons. The number of allylic oxidation sites excluding steroid dienone is 6. The minimum atomic E-state index is 1.03. The van der Waals surface area contributed by atoms with E-state index in [1.807, 2.05) is 0 Å². The van der Waals surface area contributed by atoms with Gasteiger partial charge in [0.25, 0.3) is 0 Å². The van der Waals surface area contributed by atoms with E-state index in [1.165, 1.54) is 66.1 Å². The number of benzene rings is 8. The van der Waals surface area contributed by atoms with Crippen LogP contribution in [0.15, 0.2) is 242 Å². The Morgan fingerprint density at radius 1 is 0.312 bits per heavy atom. The molecule has 10 aromatic rings. The number of hydrogen-bond acceptors (Lipinski definition) is 2. The SMILES string of the molecule is C1=CC(N(c2ccccc2)c2ccc3c(c2)c2cc(-c4ccc5c(c4)c4cc(N(C6=CCCC=C6)c6ccccc6)ccc4n5-c4ccccc4)ccc2n3-c2ccccc2)=CCC1. The highest BCUT2D eigenvalue weighted by atomic mass is 15.2. The molecule has 0 atom stereocenters. The van der Waals surface area contributed by atoms with Crippen molar-refractivity contribution in [1.82, 2.24) is 9.13 Å². The predicted octanol–water partition coefficient (Wildman–Crippen LogP) is 16.3. The third-order valence-electron chi connectivity index (χ3n) is 12.9. The second-order valence-electron chi connectivity index (χ2n) is 16.8. The lowest BCUT2D eigenvalue weighted by Crippen LogP contribution is -2.16. The minimum absolute atomic E-state index is 1.03. The molecular weight excluding hydrogens is 777 g/mol. The number of aromatic nitrogens is 2. The Labute approximate surface area is 373 Å². The van der Waals surface area contributed by atoms with Crippen LogP contribution in [0.1, 0.15) is 25.7 Å². The van der Waals surface area contributed by atoms with E-state index in [-0.39, 0.29) is 0 Å². The van der Waals surface area contributed by atoms with Gasteiger partial charge in [0.15, 0.2) is 0 Å². The van der Waals surface area contributed by atoms with Gasteiger partial charge in [0.05, 0.1) is 22.1 Å². The number of anilines is 4. The van der Waals surface area contributed by atoms with Crippen molar-refractivity contribution < 1.29 is 0 Å². The molecule has 2 aromatic heterocycles. The number of rotatable bonds is 9. The quantitative estimate of drug-likeness (QED) is 0.144. The minimum Gasteiger partial charge on any atom is -0.311 e. The lowest BCUT2D eigenvalue weighted by atomic mass is 10.00. The average molecular weight is 823 g/mol. The van der Waals surface area contributed by atoms with E-state index in [0.29, 0.717) is 0 Å². The monoisotopic (exact) mass is 822 g/mol. The van der Waals surface area contributed by atoms with E-state index in [9.17, 15) is 0 Å². The molecule has 12 rings (SSSR count). The zero-order valence-corrected chi connectivity index (χ0v) is 35.6. The predicted molar refractivity (Wildman–Crippen MR) is 271 cm³/mol. The van der Waals surface area contributed by atoms with Crippen molar-refractivity contribution in [2.24, 2.45) is 0 Å². The lowest BCUT2D eigenvalue weighted by Gasteiger charge is -2.27. The van der Waals surface area contributed by atoms with Crippen molar-refractivity contribution in [3.8, 4) is 22.5 Å². The Morgan fingerprint density at radius 2 is 0.672 bits per heavy atom. The zero-order chi connectivity index (χ0) is 42.4. The van der Waals surface area contributed by atoms with Crippen molar-refractivity contribution in [3.05, 3.63) is 242 Å². The molecular formula is C60H46N4. The maximum Gasteiger partial charge on any atom is 0.0542 e. The number of fused-ring (bicyclic) bond motifs is 6. The summed E-state index contributed by atoms with van der Waals surface area (Å²) in [7, 11) is 0. The summed E-state index contributed by atoms with van der Waals surface area (Å²) < 4.78 is 4.83. The van der Waals surface area contributed by atoms with Gasteiger partial charge in [-0.1, -0.05) is 109 Å². The molecule has 0 saturated heterocycles. The molecule has 0 N–H and O–H groups in total. The van der Waals surface area contributed by atoms with Gasteiger partial charge in [-0.05, 0) is 158 Å². The molecule has 0 amide bonds. The van der Waals surface area contributed by atoms with Crippen LogP contribution in [0.3, 0.4) is 0 Å². The van der Waals surface area contributed by atoms with Crippen molar-refractivity contribution in [3.63, 3.8) is 0 Å². The molecule has 2 aliphatic rings. The normalized spacial score (nSPS) is 13.8. The van der Waals surface area contributed by atoms with Gasteiger partial charge in [-0.3, -0.25) is 0 Å². The van der Waals surface area contributed by atoms with Crippen LogP contribution in [0.25, 0.3) is 66.1 Å². The number of nitrogens with zero attached hydrogens (tertiary/aromatic N) is 4. The molecule has 2 aliphatic carbocycles. The Balaban J connectivity index is 1.06. The Morgan fingerprint density at radius 3 is 1.05 bits per heavy atom. The van der Waals surface area contributed by atoms with Gasteiger partial charge in [-0.15, -0.1) is 0 Å². The van der Waals surface area contributed by atoms with Crippen molar-refractivity contribution in [2.45, 2.75) is 25.7 Å². The van der Waals surface area contributed by atoms with E-state index in [4.69, 9.17) is 0 Å². The molecule has 0 saturated carbocycles. The summed E-state index contributed by atoms with van der Waals surface area (Å²) in [5.41, 5.74) is 16.4. The molecule has 0 aliphatic heterocycles. The fourth-order valence-electron chi connectivity index (χ4n) is 9.95.